The molecule has 1 aliphatic rings. The summed E-state index contributed by atoms with van der Waals surface area (Å²) in [7, 11) is 0. The Labute approximate surface area is 172 Å². The summed E-state index contributed by atoms with van der Waals surface area (Å²) < 4.78 is 11.0. The van der Waals surface area contributed by atoms with E-state index >= 15 is 0 Å². The van der Waals surface area contributed by atoms with E-state index in [0.717, 1.165) is 11.1 Å². The summed E-state index contributed by atoms with van der Waals surface area (Å²) in [5.41, 5.74) is 2.13. The van der Waals surface area contributed by atoms with Crippen LogP contribution in [0.1, 0.15) is 16.7 Å². The molecule has 7 nitrogen and oxygen atoms in total. The van der Waals surface area contributed by atoms with Crippen LogP contribution in [0.2, 0.25) is 0 Å². The lowest BCUT2D eigenvalue weighted by Crippen LogP contribution is -2.05. The van der Waals surface area contributed by atoms with Gasteiger partial charge >= 0.3 is 5.97 Å². The number of hydrogen-bond acceptors (Lipinski definition) is 6. The standard InChI is InChI=1S/C23H16N2O5/c26-23-21(24-22(30-23)18-9-5-10-19(14-18)25(27)28)13-17-8-4-11-20(12-17)29-15-16-6-2-1-3-7-16/h1-14H,15H2/b21-13-. The van der Waals surface area contributed by atoms with Crippen LogP contribution in [-0.2, 0) is 16.1 Å². The summed E-state index contributed by atoms with van der Waals surface area (Å²) in [4.78, 5) is 26.8. The van der Waals surface area contributed by atoms with Gasteiger partial charge in [-0.1, -0.05) is 48.5 Å². The zero-order chi connectivity index (χ0) is 20.9. The van der Waals surface area contributed by atoms with Crippen molar-refractivity contribution in [1.82, 2.24) is 0 Å². The molecule has 0 spiro atoms. The molecule has 30 heavy (non-hydrogen) atoms. The van der Waals surface area contributed by atoms with Crippen LogP contribution in [0.15, 0.2) is 89.6 Å². The molecule has 0 radical (unpaired) electrons. The second kappa shape index (κ2) is 8.40. The molecule has 0 saturated carbocycles. The third kappa shape index (κ3) is 4.41. The van der Waals surface area contributed by atoms with Crippen molar-refractivity contribution in [1.29, 1.82) is 0 Å². The second-order valence-corrected chi connectivity index (χ2v) is 6.49. The summed E-state index contributed by atoms with van der Waals surface area (Å²) in [5, 5.41) is 10.9. The van der Waals surface area contributed by atoms with E-state index in [0.29, 0.717) is 17.9 Å². The molecule has 0 fully saturated rings. The molecular weight excluding hydrogens is 384 g/mol. The number of carbonyl (C=O) groups is 1. The molecule has 3 aromatic carbocycles. The van der Waals surface area contributed by atoms with E-state index in [2.05, 4.69) is 4.99 Å². The van der Waals surface area contributed by atoms with Crippen LogP contribution >= 0.6 is 0 Å². The number of hydrogen-bond donors (Lipinski definition) is 0. The Kier molecular flexibility index (Phi) is 5.34. The SMILES string of the molecule is O=C1OC(c2cccc([N+](=O)[O-])c2)=N/C1=C\c1cccc(OCc2ccccc2)c1. The number of rotatable bonds is 6. The molecule has 3 aromatic rings. The summed E-state index contributed by atoms with van der Waals surface area (Å²) in [5.74, 6) is 0.0704. The number of non-ortho nitro benzene ring substituents is 1. The highest BCUT2D eigenvalue weighted by Crippen LogP contribution is 2.23. The fourth-order valence-electron chi connectivity index (χ4n) is 2.88. The third-order valence-electron chi connectivity index (χ3n) is 4.33. The highest BCUT2D eigenvalue weighted by atomic mass is 16.6. The largest absolute Gasteiger partial charge is 0.489 e. The molecule has 0 aromatic heterocycles. The van der Waals surface area contributed by atoms with Crippen molar-refractivity contribution in [2.45, 2.75) is 6.61 Å². The molecule has 148 valence electrons. The van der Waals surface area contributed by atoms with Gasteiger partial charge in [0.25, 0.3) is 5.69 Å². The minimum atomic E-state index is -0.618. The number of ether oxygens (including phenoxy) is 2. The first-order chi connectivity index (χ1) is 14.6. The molecule has 0 aliphatic carbocycles. The molecule has 7 heteroatoms. The topological polar surface area (TPSA) is 91.0 Å². The van der Waals surface area contributed by atoms with Crippen molar-refractivity contribution in [2.75, 3.05) is 0 Å². The number of cyclic esters (lactones) is 1. The first-order valence-corrected chi connectivity index (χ1v) is 9.13. The van der Waals surface area contributed by atoms with Gasteiger partial charge in [-0.15, -0.1) is 0 Å². The van der Waals surface area contributed by atoms with Crippen LogP contribution < -0.4 is 4.74 Å². The Morgan fingerprint density at radius 3 is 2.60 bits per heavy atom. The molecular formula is C23H16N2O5. The lowest BCUT2D eigenvalue weighted by molar-refractivity contribution is -0.384. The smallest absolute Gasteiger partial charge is 0.363 e. The van der Waals surface area contributed by atoms with Gasteiger partial charge in [0.15, 0.2) is 5.70 Å². The number of aliphatic imine (C=N–C) groups is 1. The van der Waals surface area contributed by atoms with E-state index in [-0.39, 0.29) is 17.3 Å². The van der Waals surface area contributed by atoms with Crippen molar-refractivity contribution in [3.63, 3.8) is 0 Å². The van der Waals surface area contributed by atoms with Gasteiger partial charge in [-0.3, -0.25) is 10.1 Å². The lowest BCUT2D eigenvalue weighted by atomic mass is 10.2. The van der Waals surface area contributed by atoms with E-state index in [1.807, 2.05) is 48.5 Å². The Hall–Kier alpha value is -4.26. The lowest BCUT2D eigenvalue weighted by Gasteiger charge is -2.07. The van der Waals surface area contributed by atoms with Crippen LogP contribution in [0.25, 0.3) is 6.08 Å². The molecule has 0 atom stereocenters. The maximum atomic E-state index is 12.2. The number of nitrogens with zero attached hydrogens (tertiary/aromatic N) is 2. The Bertz CT molecular complexity index is 1170. The minimum absolute atomic E-state index is 0.0337. The van der Waals surface area contributed by atoms with Crippen LogP contribution in [0.3, 0.4) is 0 Å². The molecule has 0 amide bonds. The summed E-state index contributed by atoms with van der Waals surface area (Å²) in [6, 6.07) is 22.8. The van der Waals surface area contributed by atoms with Crippen LogP contribution in [0.5, 0.6) is 5.75 Å². The molecule has 0 bridgehead atoms. The van der Waals surface area contributed by atoms with Gasteiger partial charge in [0, 0.05) is 17.7 Å². The second-order valence-electron chi connectivity index (χ2n) is 6.49. The van der Waals surface area contributed by atoms with Gasteiger partial charge < -0.3 is 9.47 Å². The van der Waals surface area contributed by atoms with E-state index in [1.165, 1.54) is 18.2 Å². The molecule has 0 unspecified atom stereocenters. The van der Waals surface area contributed by atoms with E-state index in [1.54, 1.807) is 18.2 Å². The quantitative estimate of drug-likeness (QED) is 0.263. The summed E-state index contributed by atoms with van der Waals surface area (Å²) in [6.07, 6.45) is 1.59. The monoisotopic (exact) mass is 400 g/mol. The predicted octanol–water partition coefficient (Wildman–Crippen LogP) is 4.52. The molecule has 0 saturated heterocycles. The predicted molar refractivity (Wildman–Crippen MR) is 111 cm³/mol. The summed E-state index contributed by atoms with van der Waals surface area (Å²) in [6.45, 7) is 0.429. The number of carbonyl (C=O) groups excluding carboxylic acids is 1. The van der Waals surface area contributed by atoms with Crippen LogP contribution in [0, 0.1) is 10.1 Å². The third-order valence-corrected chi connectivity index (χ3v) is 4.33. The first-order valence-electron chi connectivity index (χ1n) is 9.13. The molecule has 4 rings (SSSR count). The zero-order valence-electron chi connectivity index (χ0n) is 15.7. The Balaban J connectivity index is 1.53. The number of benzene rings is 3. The summed E-state index contributed by atoms with van der Waals surface area (Å²) >= 11 is 0. The Morgan fingerprint density at radius 1 is 1.00 bits per heavy atom. The van der Waals surface area contributed by atoms with Gasteiger partial charge in [0.05, 0.1) is 4.92 Å². The average Bonchev–Trinajstić information content (AvgIpc) is 3.13. The van der Waals surface area contributed by atoms with Crippen molar-refractivity contribution < 1.29 is 19.2 Å². The van der Waals surface area contributed by atoms with E-state index < -0.39 is 10.9 Å². The van der Waals surface area contributed by atoms with Crippen molar-refractivity contribution in [3.8, 4) is 5.75 Å². The maximum Gasteiger partial charge on any atom is 0.363 e. The van der Waals surface area contributed by atoms with Gasteiger partial charge in [-0.05, 0) is 35.4 Å². The van der Waals surface area contributed by atoms with Gasteiger partial charge in [-0.25, -0.2) is 9.79 Å². The molecule has 0 N–H and O–H groups in total. The van der Waals surface area contributed by atoms with Gasteiger partial charge in [-0.2, -0.15) is 0 Å². The van der Waals surface area contributed by atoms with Crippen LogP contribution in [-0.4, -0.2) is 16.8 Å². The van der Waals surface area contributed by atoms with Crippen molar-refractivity contribution in [2.24, 2.45) is 4.99 Å². The fourth-order valence-corrected chi connectivity index (χ4v) is 2.88. The molecule has 1 heterocycles. The Morgan fingerprint density at radius 2 is 1.80 bits per heavy atom. The van der Waals surface area contributed by atoms with Gasteiger partial charge in [0.2, 0.25) is 5.90 Å². The number of nitro benzene ring substituents is 1. The highest BCUT2D eigenvalue weighted by Gasteiger charge is 2.25. The first kappa shape index (κ1) is 19.1. The van der Waals surface area contributed by atoms with Gasteiger partial charge in [0.1, 0.15) is 12.4 Å². The normalized spacial score (nSPS) is 14.3. The highest BCUT2D eigenvalue weighted by molar-refractivity contribution is 6.13. The van der Waals surface area contributed by atoms with E-state index in [9.17, 15) is 14.9 Å². The maximum absolute atomic E-state index is 12.2. The fraction of sp³-hybridized carbons (Fsp3) is 0.0435. The van der Waals surface area contributed by atoms with Crippen molar-refractivity contribution in [3.05, 3.63) is 111 Å². The zero-order valence-corrected chi connectivity index (χ0v) is 15.7. The van der Waals surface area contributed by atoms with Crippen molar-refractivity contribution >= 4 is 23.6 Å². The minimum Gasteiger partial charge on any atom is -0.489 e. The average molecular weight is 400 g/mol. The number of nitro groups is 1. The van der Waals surface area contributed by atoms with Crippen LogP contribution in [0.4, 0.5) is 5.69 Å². The molecule has 1 aliphatic heterocycles. The number of esters is 1. The van der Waals surface area contributed by atoms with E-state index in [4.69, 9.17) is 9.47 Å².